The molecule has 1 amide bonds. The highest BCUT2D eigenvalue weighted by atomic mass is 32.1. The number of aliphatic imine (C=N–C) groups is 1. The summed E-state index contributed by atoms with van der Waals surface area (Å²) in [5.74, 6) is -0.486. The summed E-state index contributed by atoms with van der Waals surface area (Å²) >= 11 is 1.79. The van der Waals surface area contributed by atoms with E-state index in [1.807, 2.05) is 12.1 Å². The van der Waals surface area contributed by atoms with Crippen LogP contribution in [0.25, 0.3) is 0 Å². The molecule has 1 aliphatic heterocycles. The average molecular weight is 341 g/mol. The lowest BCUT2D eigenvalue weighted by atomic mass is 9.95. The first-order valence-electron chi connectivity index (χ1n) is 8.27. The lowest BCUT2D eigenvalue weighted by molar-refractivity contribution is 0.0706. The van der Waals surface area contributed by atoms with Crippen LogP contribution in [0.1, 0.15) is 57.7 Å². The second-order valence-corrected chi connectivity index (χ2v) is 7.33. The van der Waals surface area contributed by atoms with E-state index in [4.69, 9.17) is 10.2 Å². The Morgan fingerprint density at radius 3 is 2.71 bits per heavy atom. The molecule has 0 spiro atoms. The van der Waals surface area contributed by atoms with E-state index in [2.05, 4.69) is 11.9 Å². The predicted octanol–water partition coefficient (Wildman–Crippen LogP) is 3.10. The molecule has 1 aliphatic carbocycles. The number of hydroxylamine groups is 1. The predicted molar refractivity (Wildman–Crippen MR) is 93.2 cm³/mol. The van der Waals surface area contributed by atoms with Gasteiger partial charge in [-0.3, -0.25) is 15.0 Å². The minimum absolute atomic E-state index is 0.00488. The molecule has 0 bridgehead atoms. The van der Waals surface area contributed by atoms with E-state index in [0.29, 0.717) is 5.56 Å². The van der Waals surface area contributed by atoms with Crippen LogP contribution in [-0.4, -0.2) is 28.4 Å². The molecule has 1 fully saturated rings. The SMILES string of the molecule is CCC1=NCCc2nc(C3(c4ccc(C(=O)NO)cc4)CC3)sc21. The first kappa shape index (κ1) is 15.5. The van der Waals surface area contributed by atoms with Gasteiger partial charge in [-0.1, -0.05) is 19.1 Å². The van der Waals surface area contributed by atoms with E-state index in [1.54, 1.807) is 28.9 Å². The highest BCUT2D eigenvalue weighted by Crippen LogP contribution is 2.55. The molecule has 5 nitrogen and oxygen atoms in total. The van der Waals surface area contributed by atoms with Crippen LogP contribution in [0.2, 0.25) is 0 Å². The first-order valence-corrected chi connectivity index (χ1v) is 9.08. The molecule has 1 aromatic carbocycles. The topological polar surface area (TPSA) is 74.6 Å². The minimum atomic E-state index is -0.486. The van der Waals surface area contributed by atoms with Crippen LogP contribution in [-0.2, 0) is 11.8 Å². The van der Waals surface area contributed by atoms with Crippen LogP contribution in [0.15, 0.2) is 29.3 Å². The molecule has 0 radical (unpaired) electrons. The standard InChI is InChI=1S/C18H19N3O2S/c1-2-13-15-14(7-10-19-13)20-17(24-15)18(8-9-18)12-5-3-11(4-6-12)16(22)21-23/h3-6,23H,2,7-10H2,1H3,(H,21,22). The van der Waals surface area contributed by atoms with E-state index in [0.717, 1.165) is 32.2 Å². The summed E-state index contributed by atoms with van der Waals surface area (Å²) in [6, 6.07) is 7.47. The van der Waals surface area contributed by atoms with Crippen molar-refractivity contribution in [1.29, 1.82) is 0 Å². The maximum absolute atomic E-state index is 11.5. The number of hydrogen-bond donors (Lipinski definition) is 2. The fourth-order valence-corrected chi connectivity index (χ4v) is 4.81. The Morgan fingerprint density at radius 1 is 1.33 bits per heavy atom. The maximum atomic E-state index is 11.5. The van der Waals surface area contributed by atoms with E-state index >= 15 is 0 Å². The van der Waals surface area contributed by atoms with Crippen molar-refractivity contribution in [1.82, 2.24) is 10.5 Å². The third kappa shape index (κ3) is 2.37. The normalized spacial score (nSPS) is 17.8. The van der Waals surface area contributed by atoms with Gasteiger partial charge in [-0.05, 0) is 37.0 Å². The fourth-order valence-electron chi connectivity index (χ4n) is 3.35. The Labute approximate surface area is 144 Å². The summed E-state index contributed by atoms with van der Waals surface area (Å²) in [6.45, 7) is 2.99. The quantitative estimate of drug-likeness (QED) is 0.663. The number of aromatic nitrogens is 1. The summed E-state index contributed by atoms with van der Waals surface area (Å²) in [4.78, 5) is 22.3. The van der Waals surface area contributed by atoms with Gasteiger partial charge in [0.05, 0.1) is 16.3 Å². The van der Waals surface area contributed by atoms with E-state index < -0.39 is 5.91 Å². The zero-order valence-corrected chi connectivity index (χ0v) is 14.3. The lowest BCUT2D eigenvalue weighted by Gasteiger charge is -2.13. The smallest absolute Gasteiger partial charge is 0.274 e. The first-order chi connectivity index (χ1) is 11.7. The highest BCUT2D eigenvalue weighted by molar-refractivity contribution is 7.14. The summed E-state index contributed by atoms with van der Waals surface area (Å²) in [5, 5.41) is 9.91. The summed E-state index contributed by atoms with van der Waals surface area (Å²) < 4.78 is 0. The van der Waals surface area contributed by atoms with Crippen molar-refractivity contribution in [3.63, 3.8) is 0 Å². The third-order valence-corrected chi connectivity index (χ3v) is 6.26. The van der Waals surface area contributed by atoms with Crippen LogP contribution in [0, 0.1) is 0 Å². The Bertz CT molecular complexity index is 819. The molecule has 2 heterocycles. The third-order valence-electron chi connectivity index (χ3n) is 4.91. The molecule has 1 saturated carbocycles. The van der Waals surface area contributed by atoms with Crippen LogP contribution < -0.4 is 5.48 Å². The molecule has 2 aromatic rings. The fraction of sp³-hybridized carbons (Fsp3) is 0.389. The number of fused-ring (bicyclic) bond motifs is 1. The molecule has 0 saturated heterocycles. The van der Waals surface area contributed by atoms with Gasteiger partial charge in [0.2, 0.25) is 0 Å². The lowest BCUT2D eigenvalue weighted by Crippen LogP contribution is -2.18. The molecule has 0 unspecified atom stereocenters. The van der Waals surface area contributed by atoms with Crippen LogP contribution in [0.4, 0.5) is 0 Å². The summed E-state index contributed by atoms with van der Waals surface area (Å²) in [7, 11) is 0. The van der Waals surface area contributed by atoms with E-state index in [-0.39, 0.29) is 5.41 Å². The van der Waals surface area contributed by atoms with Gasteiger partial charge in [-0.15, -0.1) is 11.3 Å². The van der Waals surface area contributed by atoms with Crippen molar-refractivity contribution in [3.05, 3.63) is 51.0 Å². The number of nitrogens with zero attached hydrogens (tertiary/aromatic N) is 2. The Balaban J connectivity index is 1.68. The molecule has 2 N–H and O–H groups in total. The van der Waals surface area contributed by atoms with E-state index in [9.17, 15) is 4.79 Å². The molecule has 2 aliphatic rings. The van der Waals surface area contributed by atoms with Gasteiger partial charge in [0.15, 0.2) is 0 Å². The van der Waals surface area contributed by atoms with E-state index in [1.165, 1.54) is 26.9 Å². The highest BCUT2D eigenvalue weighted by Gasteiger charge is 2.49. The number of amides is 1. The van der Waals surface area contributed by atoms with Gasteiger partial charge in [-0.2, -0.15) is 0 Å². The zero-order valence-electron chi connectivity index (χ0n) is 13.5. The maximum Gasteiger partial charge on any atom is 0.274 e. The van der Waals surface area contributed by atoms with Crippen LogP contribution in [0.3, 0.4) is 0 Å². The molecular formula is C18H19N3O2S. The summed E-state index contributed by atoms with van der Waals surface area (Å²) in [6.07, 6.45) is 4.06. The van der Waals surface area contributed by atoms with Crippen molar-refractivity contribution in [2.24, 2.45) is 4.99 Å². The second kappa shape index (κ2) is 5.79. The van der Waals surface area contributed by atoms with Crippen molar-refractivity contribution >= 4 is 23.0 Å². The monoisotopic (exact) mass is 341 g/mol. The van der Waals surface area contributed by atoms with Crippen LogP contribution >= 0.6 is 11.3 Å². The summed E-state index contributed by atoms with van der Waals surface area (Å²) in [5.41, 5.74) is 5.70. The number of carbonyl (C=O) groups is 1. The molecule has 0 atom stereocenters. The Morgan fingerprint density at radius 2 is 2.08 bits per heavy atom. The minimum Gasteiger partial charge on any atom is -0.288 e. The number of carbonyl (C=O) groups excluding carboxylic acids is 1. The van der Waals surface area contributed by atoms with Crippen LogP contribution in [0.5, 0.6) is 0 Å². The number of rotatable bonds is 4. The average Bonchev–Trinajstić information content (AvgIpc) is 3.33. The second-order valence-electron chi connectivity index (χ2n) is 6.33. The van der Waals surface area contributed by atoms with Gasteiger partial charge in [-0.25, -0.2) is 10.5 Å². The molecule has 24 heavy (non-hydrogen) atoms. The van der Waals surface area contributed by atoms with Crippen molar-refractivity contribution in [3.8, 4) is 0 Å². The van der Waals surface area contributed by atoms with Crippen molar-refractivity contribution in [2.75, 3.05) is 6.54 Å². The Hall–Kier alpha value is -2.05. The molecule has 124 valence electrons. The zero-order chi connectivity index (χ0) is 16.7. The molecule has 1 aromatic heterocycles. The van der Waals surface area contributed by atoms with Gasteiger partial charge >= 0.3 is 0 Å². The van der Waals surface area contributed by atoms with Gasteiger partial charge < -0.3 is 0 Å². The number of thiazole rings is 1. The van der Waals surface area contributed by atoms with Gasteiger partial charge in [0, 0.05) is 23.9 Å². The van der Waals surface area contributed by atoms with Crippen molar-refractivity contribution < 1.29 is 10.0 Å². The van der Waals surface area contributed by atoms with Crippen molar-refractivity contribution in [2.45, 2.75) is 38.0 Å². The van der Waals surface area contributed by atoms with Gasteiger partial charge in [0.1, 0.15) is 5.01 Å². The molecular weight excluding hydrogens is 322 g/mol. The number of hydrogen-bond acceptors (Lipinski definition) is 5. The Kier molecular flexibility index (Phi) is 3.73. The molecule has 4 rings (SSSR count). The number of nitrogens with one attached hydrogen (secondary N) is 1. The molecule has 6 heteroatoms. The van der Waals surface area contributed by atoms with Gasteiger partial charge in [0.25, 0.3) is 5.91 Å². The largest absolute Gasteiger partial charge is 0.288 e. The number of benzene rings is 1.